The normalized spacial score (nSPS) is 16.3. The Kier molecular flexibility index (Phi) is 7.14. The fourth-order valence-electron chi connectivity index (χ4n) is 4.16. The second-order valence-corrected chi connectivity index (χ2v) is 7.98. The Hall–Kier alpha value is -2.82. The summed E-state index contributed by atoms with van der Waals surface area (Å²) < 4.78 is 18.9. The molecule has 2 heterocycles. The number of aryl methyl sites for hydroxylation is 2. The van der Waals surface area contributed by atoms with Crippen LogP contribution in [0.3, 0.4) is 0 Å². The van der Waals surface area contributed by atoms with E-state index in [1.54, 1.807) is 11.6 Å². The van der Waals surface area contributed by atoms with Crippen molar-refractivity contribution in [2.75, 3.05) is 18.7 Å². The molecule has 0 saturated carbocycles. The molecule has 1 fully saturated rings. The molecule has 2 aromatic rings. The number of halogens is 1. The minimum absolute atomic E-state index is 0.215. The van der Waals surface area contributed by atoms with Gasteiger partial charge in [-0.2, -0.15) is 0 Å². The molecular weight excluding hydrogens is 377 g/mol. The Labute approximate surface area is 179 Å². The molecule has 0 radical (unpaired) electrons. The van der Waals surface area contributed by atoms with E-state index in [2.05, 4.69) is 42.1 Å². The standard InChI is InChI=1S/C25H32FN3O/c1-6-20-15-22(10-11-23(20)17(2)3)30-16-21-9-7-8-14-29(21)19(5)24-12-13-25(28-26)27-18(24)4/h10-13,15,21H,2,5-9,14,16H2,1,3-4H3,(H,27,28). The highest BCUT2D eigenvalue weighted by atomic mass is 19.2. The zero-order valence-electron chi connectivity index (χ0n) is 18.3. The maximum atomic E-state index is 12.7. The highest BCUT2D eigenvalue weighted by Gasteiger charge is 2.25. The van der Waals surface area contributed by atoms with Crippen molar-refractivity contribution in [2.45, 2.75) is 52.5 Å². The van der Waals surface area contributed by atoms with Gasteiger partial charge in [0, 0.05) is 23.5 Å². The van der Waals surface area contributed by atoms with Crippen molar-refractivity contribution in [1.29, 1.82) is 0 Å². The van der Waals surface area contributed by atoms with Gasteiger partial charge < -0.3 is 9.64 Å². The van der Waals surface area contributed by atoms with Crippen LogP contribution in [-0.4, -0.2) is 29.1 Å². The molecule has 1 aliphatic rings. The van der Waals surface area contributed by atoms with Crippen LogP contribution in [0.5, 0.6) is 5.75 Å². The lowest BCUT2D eigenvalue weighted by Gasteiger charge is -2.39. The monoisotopic (exact) mass is 409 g/mol. The number of piperidine rings is 1. The fourth-order valence-corrected chi connectivity index (χ4v) is 4.16. The van der Waals surface area contributed by atoms with Crippen molar-refractivity contribution in [3.05, 3.63) is 65.9 Å². The fraction of sp³-hybridized carbons (Fsp3) is 0.400. The largest absolute Gasteiger partial charge is 0.491 e. The highest BCUT2D eigenvalue weighted by Crippen LogP contribution is 2.30. The molecular formula is C25H32FN3O. The predicted octanol–water partition coefficient (Wildman–Crippen LogP) is 6.19. The number of ether oxygens (including phenoxy) is 1. The van der Waals surface area contributed by atoms with E-state index in [0.717, 1.165) is 54.1 Å². The number of nitrogens with one attached hydrogen (secondary N) is 1. The minimum atomic E-state index is 0.215. The van der Waals surface area contributed by atoms with Crippen LogP contribution in [0.4, 0.5) is 10.3 Å². The summed E-state index contributed by atoms with van der Waals surface area (Å²) in [5.41, 5.74) is 7.76. The van der Waals surface area contributed by atoms with Gasteiger partial charge in [0.15, 0.2) is 5.82 Å². The smallest absolute Gasteiger partial charge is 0.154 e. The van der Waals surface area contributed by atoms with Crippen LogP contribution < -0.4 is 10.3 Å². The first-order chi connectivity index (χ1) is 14.4. The van der Waals surface area contributed by atoms with Crippen LogP contribution in [0.15, 0.2) is 43.5 Å². The lowest BCUT2D eigenvalue weighted by molar-refractivity contribution is 0.152. The molecule has 30 heavy (non-hydrogen) atoms. The summed E-state index contributed by atoms with van der Waals surface area (Å²) in [6.45, 7) is 16.0. The summed E-state index contributed by atoms with van der Waals surface area (Å²) in [5.74, 6) is 1.11. The third-order valence-electron chi connectivity index (χ3n) is 5.83. The van der Waals surface area contributed by atoms with E-state index in [9.17, 15) is 4.48 Å². The molecule has 1 aliphatic heterocycles. The van der Waals surface area contributed by atoms with E-state index in [0.29, 0.717) is 6.61 Å². The van der Waals surface area contributed by atoms with Crippen LogP contribution in [-0.2, 0) is 6.42 Å². The van der Waals surface area contributed by atoms with Crippen LogP contribution in [0, 0.1) is 6.92 Å². The molecule has 5 heteroatoms. The number of allylic oxidation sites excluding steroid dienone is 1. The van der Waals surface area contributed by atoms with Gasteiger partial charge in [-0.15, -0.1) is 4.48 Å². The first kappa shape index (κ1) is 21.9. The second kappa shape index (κ2) is 9.79. The molecule has 1 N–H and O–H groups in total. The van der Waals surface area contributed by atoms with E-state index in [-0.39, 0.29) is 11.9 Å². The first-order valence-corrected chi connectivity index (χ1v) is 10.7. The van der Waals surface area contributed by atoms with Gasteiger partial charge in [0.1, 0.15) is 12.4 Å². The Morgan fingerprint density at radius 1 is 1.23 bits per heavy atom. The summed E-state index contributed by atoms with van der Waals surface area (Å²) in [7, 11) is 0. The summed E-state index contributed by atoms with van der Waals surface area (Å²) in [6.07, 6.45) is 4.30. The van der Waals surface area contributed by atoms with Crippen molar-refractivity contribution >= 4 is 17.1 Å². The number of hydrogen-bond acceptors (Lipinski definition) is 4. The van der Waals surface area contributed by atoms with Crippen molar-refractivity contribution in [3.8, 4) is 5.75 Å². The molecule has 4 nitrogen and oxygen atoms in total. The van der Waals surface area contributed by atoms with Gasteiger partial charge >= 0.3 is 0 Å². The number of anilines is 1. The quantitative estimate of drug-likeness (QED) is 0.528. The first-order valence-electron chi connectivity index (χ1n) is 10.7. The van der Waals surface area contributed by atoms with Gasteiger partial charge in [-0.3, -0.25) is 0 Å². The highest BCUT2D eigenvalue weighted by molar-refractivity contribution is 5.66. The van der Waals surface area contributed by atoms with Gasteiger partial charge in [-0.1, -0.05) is 31.7 Å². The Morgan fingerprint density at radius 3 is 2.67 bits per heavy atom. The van der Waals surface area contributed by atoms with Crippen LogP contribution >= 0.6 is 0 Å². The Balaban J connectivity index is 1.73. The van der Waals surface area contributed by atoms with Crippen molar-refractivity contribution < 1.29 is 9.22 Å². The van der Waals surface area contributed by atoms with Crippen molar-refractivity contribution in [1.82, 2.24) is 9.88 Å². The molecule has 0 amide bonds. The average Bonchev–Trinajstić information content (AvgIpc) is 2.76. The summed E-state index contributed by atoms with van der Waals surface area (Å²) >= 11 is 0. The van der Waals surface area contributed by atoms with Crippen molar-refractivity contribution in [3.63, 3.8) is 0 Å². The van der Waals surface area contributed by atoms with E-state index >= 15 is 0 Å². The summed E-state index contributed by atoms with van der Waals surface area (Å²) in [6, 6.07) is 10.0. The zero-order valence-corrected chi connectivity index (χ0v) is 18.3. The minimum Gasteiger partial charge on any atom is -0.491 e. The predicted molar refractivity (Wildman–Crippen MR) is 123 cm³/mol. The topological polar surface area (TPSA) is 37.4 Å². The van der Waals surface area contributed by atoms with Gasteiger partial charge in [-0.25, -0.2) is 10.5 Å². The number of nitrogens with zero attached hydrogens (tertiary/aromatic N) is 2. The third-order valence-corrected chi connectivity index (χ3v) is 5.83. The van der Waals surface area contributed by atoms with Crippen LogP contribution in [0.25, 0.3) is 11.3 Å². The van der Waals surface area contributed by atoms with E-state index in [1.807, 2.05) is 26.0 Å². The van der Waals surface area contributed by atoms with E-state index in [4.69, 9.17) is 4.74 Å². The number of benzene rings is 1. The second-order valence-electron chi connectivity index (χ2n) is 7.98. The van der Waals surface area contributed by atoms with E-state index in [1.165, 1.54) is 17.5 Å². The number of rotatable bonds is 8. The average molecular weight is 410 g/mol. The summed E-state index contributed by atoms with van der Waals surface area (Å²) in [4.78, 5) is 6.57. The van der Waals surface area contributed by atoms with Gasteiger partial charge in [-0.05, 0) is 74.9 Å². The van der Waals surface area contributed by atoms with Crippen LogP contribution in [0.1, 0.15) is 55.5 Å². The molecule has 1 aromatic carbocycles. The van der Waals surface area contributed by atoms with Gasteiger partial charge in [0.05, 0.1) is 6.04 Å². The molecule has 160 valence electrons. The lowest BCUT2D eigenvalue weighted by Crippen LogP contribution is -2.41. The van der Waals surface area contributed by atoms with Crippen LogP contribution in [0.2, 0.25) is 0 Å². The number of aromatic nitrogens is 1. The molecule has 0 aliphatic carbocycles. The SMILES string of the molecule is C=C(C)c1ccc(OCC2CCCCN2C(=C)c2ccc(NF)nc2C)cc1CC. The summed E-state index contributed by atoms with van der Waals surface area (Å²) in [5, 5.41) is 0. The molecule has 3 rings (SSSR count). The Morgan fingerprint density at radius 2 is 2.00 bits per heavy atom. The van der Waals surface area contributed by atoms with E-state index < -0.39 is 0 Å². The zero-order chi connectivity index (χ0) is 21.7. The van der Waals surface area contributed by atoms with Crippen molar-refractivity contribution in [2.24, 2.45) is 0 Å². The van der Waals surface area contributed by atoms with Gasteiger partial charge in [0.2, 0.25) is 0 Å². The molecule has 1 saturated heterocycles. The number of likely N-dealkylation sites (tertiary alicyclic amines) is 1. The maximum Gasteiger partial charge on any atom is 0.154 e. The molecule has 0 spiro atoms. The Bertz CT molecular complexity index is 925. The molecule has 1 aromatic heterocycles. The molecule has 1 unspecified atom stereocenters. The lowest BCUT2D eigenvalue weighted by atomic mass is 9.99. The molecule has 1 atom stereocenters. The van der Waals surface area contributed by atoms with Gasteiger partial charge in [0.25, 0.3) is 0 Å². The maximum absolute atomic E-state index is 12.7. The number of hydrogen-bond donors (Lipinski definition) is 1. The molecule has 0 bridgehead atoms. The number of pyridine rings is 1. The third kappa shape index (κ3) is 4.84.